The fourth-order valence-electron chi connectivity index (χ4n) is 3.42. The maximum Gasteiger partial charge on any atom is 0.238 e. The number of carbonyl (C=O) groups excluding carboxylic acids is 1. The molecule has 0 bridgehead atoms. The third-order valence-corrected chi connectivity index (χ3v) is 5.70. The van der Waals surface area contributed by atoms with Gasteiger partial charge in [-0.3, -0.25) is 4.79 Å². The first kappa shape index (κ1) is 19.7. The average Bonchev–Trinajstić information content (AvgIpc) is 2.54. The van der Waals surface area contributed by atoms with E-state index in [0.29, 0.717) is 12.1 Å². The van der Waals surface area contributed by atoms with E-state index >= 15 is 0 Å². The van der Waals surface area contributed by atoms with E-state index in [0.717, 1.165) is 24.4 Å². The van der Waals surface area contributed by atoms with Crippen LogP contribution in [0, 0.1) is 5.92 Å². The molecule has 0 radical (unpaired) electrons. The van der Waals surface area contributed by atoms with Crippen molar-refractivity contribution in [2.45, 2.75) is 56.3 Å². The van der Waals surface area contributed by atoms with Gasteiger partial charge in [0.25, 0.3) is 0 Å². The Labute approximate surface area is 150 Å². The molecule has 0 aliphatic heterocycles. The fraction of sp³-hybridized carbons (Fsp3) is 0.611. The second-order valence-electron chi connectivity index (χ2n) is 7.06. The molecule has 1 amide bonds. The van der Waals surface area contributed by atoms with Crippen LogP contribution >= 0.6 is 0 Å². The quantitative estimate of drug-likeness (QED) is 0.774. The van der Waals surface area contributed by atoms with E-state index in [-0.39, 0.29) is 10.8 Å². The van der Waals surface area contributed by atoms with Crippen molar-refractivity contribution in [3.8, 4) is 0 Å². The van der Waals surface area contributed by atoms with Gasteiger partial charge < -0.3 is 10.2 Å². The van der Waals surface area contributed by atoms with Gasteiger partial charge in [0.05, 0.1) is 16.3 Å². The van der Waals surface area contributed by atoms with Crippen molar-refractivity contribution in [1.82, 2.24) is 0 Å². The molecule has 0 aromatic heterocycles. The smallest absolute Gasteiger partial charge is 0.238 e. The van der Waals surface area contributed by atoms with E-state index in [4.69, 9.17) is 5.14 Å². The van der Waals surface area contributed by atoms with Crippen LogP contribution in [0.15, 0.2) is 23.1 Å². The molecule has 7 heteroatoms. The minimum absolute atomic E-state index is 0.00407. The standard InChI is InChI=1S/C18H29N3O3S/c1-21(2)17-12-11-15(25(19,23)24)13-16(17)20-18(22)10-6-9-14-7-4-3-5-8-14/h11-14H,3-10H2,1-2H3,(H,20,22)(H2,19,23,24). The zero-order chi connectivity index (χ0) is 18.4. The minimum Gasteiger partial charge on any atom is -0.376 e. The molecule has 0 spiro atoms. The normalized spacial score (nSPS) is 15.8. The molecule has 6 nitrogen and oxygen atoms in total. The molecule has 2 rings (SSSR count). The number of nitrogens with one attached hydrogen (secondary N) is 1. The molecule has 0 atom stereocenters. The zero-order valence-corrected chi connectivity index (χ0v) is 15.9. The van der Waals surface area contributed by atoms with Crippen LogP contribution in [0.2, 0.25) is 0 Å². The molecular weight excluding hydrogens is 338 g/mol. The van der Waals surface area contributed by atoms with Crippen molar-refractivity contribution < 1.29 is 13.2 Å². The highest BCUT2D eigenvalue weighted by atomic mass is 32.2. The van der Waals surface area contributed by atoms with Crippen LogP contribution in [0.25, 0.3) is 0 Å². The highest BCUT2D eigenvalue weighted by Gasteiger charge is 2.16. The van der Waals surface area contributed by atoms with Crippen LogP contribution in [0.3, 0.4) is 0 Å². The topological polar surface area (TPSA) is 92.5 Å². The predicted molar refractivity (Wildman–Crippen MR) is 101 cm³/mol. The summed E-state index contributed by atoms with van der Waals surface area (Å²) in [5.41, 5.74) is 1.22. The SMILES string of the molecule is CN(C)c1ccc(S(N)(=O)=O)cc1NC(=O)CCCC1CCCCC1. The number of rotatable bonds is 7. The summed E-state index contributed by atoms with van der Waals surface area (Å²) < 4.78 is 23.1. The van der Waals surface area contributed by atoms with Gasteiger partial charge >= 0.3 is 0 Å². The molecule has 0 saturated heterocycles. The lowest BCUT2D eigenvalue weighted by molar-refractivity contribution is -0.116. The Morgan fingerprint density at radius 3 is 2.52 bits per heavy atom. The molecule has 1 aliphatic rings. The maximum atomic E-state index is 12.3. The first-order valence-corrected chi connectivity index (χ1v) is 10.5. The van der Waals surface area contributed by atoms with Crippen LogP contribution in [0.4, 0.5) is 11.4 Å². The van der Waals surface area contributed by atoms with E-state index in [1.807, 2.05) is 19.0 Å². The Morgan fingerprint density at radius 2 is 1.92 bits per heavy atom. The van der Waals surface area contributed by atoms with Crippen molar-refractivity contribution >= 4 is 27.3 Å². The Balaban J connectivity index is 1.98. The Hall–Kier alpha value is -1.60. The van der Waals surface area contributed by atoms with Crippen molar-refractivity contribution in [1.29, 1.82) is 0 Å². The van der Waals surface area contributed by atoms with Crippen molar-refractivity contribution in [2.75, 3.05) is 24.3 Å². The second-order valence-corrected chi connectivity index (χ2v) is 8.62. The van der Waals surface area contributed by atoms with Crippen LogP contribution in [-0.4, -0.2) is 28.4 Å². The lowest BCUT2D eigenvalue weighted by atomic mass is 9.86. The van der Waals surface area contributed by atoms with Gasteiger partial charge in [-0.25, -0.2) is 13.6 Å². The molecule has 0 heterocycles. The third kappa shape index (κ3) is 6.01. The van der Waals surface area contributed by atoms with E-state index in [9.17, 15) is 13.2 Å². The van der Waals surface area contributed by atoms with Crippen molar-refractivity contribution in [3.63, 3.8) is 0 Å². The zero-order valence-electron chi connectivity index (χ0n) is 15.1. The number of hydrogen-bond donors (Lipinski definition) is 2. The molecule has 1 aliphatic carbocycles. The molecule has 1 aromatic rings. The monoisotopic (exact) mass is 367 g/mol. The number of nitrogens with zero attached hydrogens (tertiary/aromatic N) is 1. The number of anilines is 2. The summed E-state index contributed by atoms with van der Waals surface area (Å²) in [6.07, 6.45) is 8.92. The second kappa shape index (κ2) is 8.67. The van der Waals surface area contributed by atoms with Gasteiger partial charge in [-0.05, 0) is 37.0 Å². The molecule has 1 saturated carbocycles. The van der Waals surface area contributed by atoms with E-state index in [2.05, 4.69) is 5.32 Å². The maximum absolute atomic E-state index is 12.3. The molecule has 3 N–H and O–H groups in total. The number of nitrogens with two attached hydrogens (primary N) is 1. The van der Waals surface area contributed by atoms with Gasteiger partial charge in [0.15, 0.2) is 0 Å². The number of sulfonamides is 1. The van der Waals surface area contributed by atoms with E-state index < -0.39 is 10.0 Å². The molecule has 25 heavy (non-hydrogen) atoms. The Kier molecular flexibility index (Phi) is 6.84. The number of benzene rings is 1. The van der Waals surface area contributed by atoms with Gasteiger partial charge in [-0.2, -0.15) is 0 Å². The Morgan fingerprint density at radius 1 is 1.24 bits per heavy atom. The summed E-state index contributed by atoms with van der Waals surface area (Å²) in [6, 6.07) is 4.52. The van der Waals surface area contributed by atoms with Gasteiger partial charge in [-0.15, -0.1) is 0 Å². The first-order chi connectivity index (χ1) is 11.8. The van der Waals surface area contributed by atoms with Crippen molar-refractivity contribution in [2.24, 2.45) is 11.1 Å². The molecule has 0 unspecified atom stereocenters. The molecule has 140 valence electrons. The first-order valence-electron chi connectivity index (χ1n) is 8.91. The molecular formula is C18H29N3O3S. The van der Waals surface area contributed by atoms with Crippen LogP contribution < -0.4 is 15.4 Å². The number of amides is 1. The summed E-state index contributed by atoms with van der Waals surface area (Å²) in [5, 5.41) is 8.03. The predicted octanol–water partition coefficient (Wildman–Crippen LogP) is 3.09. The lowest BCUT2D eigenvalue weighted by Gasteiger charge is -2.21. The van der Waals surface area contributed by atoms with Crippen LogP contribution in [0.5, 0.6) is 0 Å². The van der Waals surface area contributed by atoms with Crippen molar-refractivity contribution in [3.05, 3.63) is 18.2 Å². The van der Waals surface area contributed by atoms with E-state index in [1.165, 1.54) is 44.2 Å². The Bertz CT molecular complexity index is 696. The van der Waals surface area contributed by atoms with Gasteiger partial charge in [0.2, 0.25) is 15.9 Å². The summed E-state index contributed by atoms with van der Waals surface area (Å²) in [4.78, 5) is 14.1. The largest absolute Gasteiger partial charge is 0.376 e. The summed E-state index contributed by atoms with van der Waals surface area (Å²) in [6.45, 7) is 0. The average molecular weight is 368 g/mol. The van der Waals surface area contributed by atoms with E-state index in [1.54, 1.807) is 6.07 Å². The van der Waals surface area contributed by atoms with Crippen LogP contribution in [-0.2, 0) is 14.8 Å². The summed E-state index contributed by atoms with van der Waals surface area (Å²) in [5.74, 6) is 0.662. The number of carbonyl (C=O) groups is 1. The fourth-order valence-corrected chi connectivity index (χ4v) is 3.96. The number of primary sulfonamides is 1. The third-order valence-electron chi connectivity index (χ3n) is 4.79. The highest BCUT2D eigenvalue weighted by molar-refractivity contribution is 7.89. The van der Waals surface area contributed by atoms with Gasteiger partial charge in [0.1, 0.15) is 0 Å². The highest BCUT2D eigenvalue weighted by Crippen LogP contribution is 2.29. The van der Waals surface area contributed by atoms with Crippen LogP contribution in [0.1, 0.15) is 51.4 Å². The van der Waals surface area contributed by atoms with Gasteiger partial charge in [-0.1, -0.05) is 32.1 Å². The minimum atomic E-state index is -3.80. The molecule has 1 aromatic carbocycles. The van der Waals surface area contributed by atoms with Gasteiger partial charge in [0, 0.05) is 20.5 Å². The molecule has 1 fully saturated rings. The summed E-state index contributed by atoms with van der Waals surface area (Å²) >= 11 is 0. The lowest BCUT2D eigenvalue weighted by Crippen LogP contribution is -2.18. The number of hydrogen-bond acceptors (Lipinski definition) is 4. The summed E-state index contributed by atoms with van der Waals surface area (Å²) in [7, 11) is -0.129.